The highest BCUT2D eigenvalue weighted by molar-refractivity contribution is 5.81. The normalized spacial score (nSPS) is 20.6. The summed E-state index contributed by atoms with van der Waals surface area (Å²) >= 11 is 0. The van der Waals surface area contributed by atoms with E-state index in [9.17, 15) is 4.79 Å². The molecule has 1 aromatic carbocycles. The molecule has 21 heavy (non-hydrogen) atoms. The van der Waals surface area contributed by atoms with E-state index in [0.717, 1.165) is 25.7 Å². The summed E-state index contributed by atoms with van der Waals surface area (Å²) in [5, 5.41) is 0. The zero-order chi connectivity index (χ0) is 15.2. The van der Waals surface area contributed by atoms with Gasteiger partial charge in [0, 0.05) is 18.4 Å². The van der Waals surface area contributed by atoms with Crippen molar-refractivity contribution in [2.24, 2.45) is 11.7 Å². The Labute approximate surface area is 127 Å². The molecule has 1 aliphatic rings. The summed E-state index contributed by atoms with van der Waals surface area (Å²) in [5.41, 5.74) is 8.27. The second kappa shape index (κ2) is 7.71. The SMILES string of the molecule is CC(N)CCCC(C)C(=O)CC1OCCc2ccccc21. The number of nitrogens with two attached hydrogens (primary N) is 1. The van der Waals surface area contributed by atoms with Crippen molar-refractivity contribution in [1.29, 1.82) is 0 Å². The maximum Gasteiger partial charge on any atom is 0.138 e. The molecule has 1 aromatic rings. The van der Waals surface area contributed by atoms with Gasteiger partial charge in [-0.15, -0.1) is 0 Å². The van der Waals surface area contributed by atoms with E-state index in [1.165, 1.54) is 11.1 Å². The number of carbonyl (C=O) groups is 1. The number of Topliss-reactive ketones (excluding diaryl/α,β-unsaturated/α-hetero) is 1. The van der Waals surface area contributed by atoms with Crippen LogP contribution < -0.4 is 5.73 Å². The van der Waals surface area contributed by atoms with Crippen LogP contribution >= 0.6 is 0 Å². The zero-order valence-electron chi connectivity index (χ0n) is 13.2. The van der Waals surface area contributed by atoms with Crippen LogP contribution in [-0.4, -0.2) is 18.4 Å². The number of hydrogen-bond acceptors (Lipinski definition) is 3. The summed E-state index contributed by atoms with van der Waals surface area (Å²) in [5.74, 6) is 0.405. The monoisotopic (exact) mass is 289 g/mol. The second-order valence-electron chi connectivity index (χ2n) is 6.29. The molecule has 1 aliphatic heterocycles. The fourth-order valence-electron chi connectivity index (χ4n) is 2.94. The fourth-order valence-corrected chi connectivity index (χ4v) is 2.94. The Morgan fingerprint density at radius 1 is 1.33 bits per heavy atom. The Hall–Kier alpha value is -1.19. The highest BCUT2D eigenvalue weighted by atomic mass is 16.5. The third-order valence-corrected chi connectivity index (χ3v) is 4.33. The van der Waals surface area contributed by atoms with Gasteiger partial charge >= 0.3 is 0 Å². The minimum absolute atomic E-state index is 0.0571. The summed E-state index contributed by atoms with van der Waals surface area (Å²) in [6.45, 7) is 4.76. The van der Waals surface area contributed by atoms with Crippen LogP contribution in [0.25, 0.3) is 0 Å². The molecule has 0 spiro atoms. The van der Waals surface area contributed by atoms with E-state index >= 15 is 0 Å². The molecule has 3 heteroatoms. The molecule has 0 aliphatic carbocycles. The molecule has 2 N–H and O–H groups in total. The number of fused-ring (bicyclic) bond motifs is 1. The van der Waals surface area contributed by atoms with Crippen LogP contribution in [0.4, 0.5) is 0 Å². The van der Waals surface area contributed by atoms with Crippen LogP contribution in [0.3, 0.4) is 0 Å². The van der Waals surface area contributed by atoms with Gasteiger partial charge in [-0.05, 0) is 37.3 Å². The summed E-state index contributed by atoms with van der Waals surface area (Å²) in [4.78, 5) is 12.4. The fraction of sp³-hybridized carbons (Fsp3) is 0.611. The lowest BCUT2D eigenvalue weighted by Gasteiger charge is -2.26. The van der Waals surface area contributed by atoms with Gasteiger partial charge in [-0.1, -0.05) is 37.6 Å². The third kappa shape index (κ3) is 4.65. The number of ketones is 1. The quantitative estimate of drug-likeness (QED) is 0.837. The first-order chi connectivity index (χ1) is 10.1. The Kier molecular flexibility index (Phi) is 5.95. The average Bonchev–Trinajstić information content (AvgIpc) is 2.47. The topological polar surface area (TPSA) is 52.3 Å². The highest BCUT2D eigenvalue weighted by Crippen LogP contribution is 2.30. The Bertz CT molecular complexity index is 470. The van der Waals surface area contributed by atoms with Crippen LogP contribution in [0.1, 0.15) is 56.8 Å². The average molecular weight is 289 g/mol. The van der Waals surface area contributed by atoms with Gasteiger partial charge in [0.1, 0.15) is 5.78 Å². The van der Waals surface area contributed by atoms with Gasteiger partial charge in [-0.3, -0.25) is 4.79 Å². The molecule has 1 heterocycles. The minimum Gasteiger partial charge on any atom is -0.373 e. The van der Waals surface area contributed by atoms with E-state index in [0.29, 0.717) is 18.8 Å². The van der Waals surface area contributed by atoms with Crippen molar-refractivity contribution >= 4 is 5.78 Å². The summed E-state index contributed by atoms with van der Waals surface area (Å²) < 4.78 is 5.83. The molecule has 0 saturated carbocycles. The van der Waals surface area contributed by atoms with Gasteiger partial charge in [-0.25, -0.2) is 0 Å². The van der Waals surface area contributed by atoms with Gasteiger partial charge in [0.25, 0.3) is 0 Å². The van der Waals surface area contributed by atoms with Crippen LogP contribution in [0, 0.1) is 5.92 Å². The zero-order valence-corrected chi connectivity index (χ0v) is 13.2. The van der Waals surface area contributed by atoms with Crippen LogP contribution in [0.15, 0.2) is 24.3 Å². The van der Waals surface area contributed by atoms with Gasteiger partial charge in [0.2, 0.25) is 0 Å². The Balaban J connectivity index is 1.88. The van der Waals surface area contributed by atoms with Crippen LogP contribution in [0.5, 0.6) is 0 Å². The maximum atomic E-state index is 12.4. The Morgan fingerprint density at radius 2 is 2.10 bits per heavy atom. The lowest BCUT2D eigenvalue weighted by Crippen LogP contribution is -2.22. The predicted molar refractivity (Wildman–Crippen MR) is 85.1 cm³/mol. The summed E-state index contributed by atoms with van der Waals surface area (Å²) in [7, 11) is 0. The number of rotatable bonds is 7. The first kappa shape index (κ1) is 16.2. The molecular weight excluding hydrogens is 262 g/mol. The van der Waals surface area contributed by atoms with Crippen molar-refractivity contribution in [1.82, 2.24) is 0 Å². The molecular formula is C18H27NO2. The maximum absolute atomic E-state index is 12.4. The first-order valence-electron chi connectivity index (χ1n) is 8.05. The van der Waals surface area contributed by atoms with Crippen molar-refractivity contribution in [2.45, 2.75) is 58.1 Å². The van der Waals surface area contributed by atoms with Gasteiger partial charge in [0.05, 0.1) is 12.7 Å². The van der Waals surface area contributed by atoms with Gasteiger partial charge < -0.3 is 10.5 Å². The molecule has 2 rings (SSSR count). The van der Waals surface area contributed by atoms with Crippen molar-refractivity contribution in [3.63, 3.8) is 0 Å². The lowest BCUT2D eigenvalue weighted by atomic mass is 9.90. The van der Waals surface area contributed by atoms with Crippen molar-refractivity contribution < 1.29 is 9.53 Å². The number of carbonyl (C=O) groups excluding carboxylic acids is 1. The van der Waals surface area contributed by atoms with E-state index in [-0.39, 0.29) is 18.1 Å². The molecule has 0 fully saturated rings. The summed E-state index contributed by atoms with van der Waals surface area (Å²) in [6.07, 6.45) is 4.32. The van der Waals surface area contributed by atoms with E-state index in [1.54, 1.807) is 0 Å². The number of ether oxygens (including phenoxy) is 1. The molecule has 3 atom stereocenters. The van der Waals surface area contributed by atoms with E-state index < -0.39 is 0 Å². The van der Waals surface area contributed by atoms with Gasteiger partial charge in [0.15, 0.2) is 0 Å². The van der Waals surface area contributed by atoms with Crippen LogP contribution in [-0.2, 0) is 16.0 Å². The number of hydrogen-bond donors (Lipinski definition) is 1. The third-order valence-electron chi connectivity index (χ3n) is 4.33. The predicted octanol–water partition coefficient (Wildman–Crippen LogP) is 3.41. The van der Waals surface area contributed by atoms with Crippen molar-refractivity contribution in [2.75, 3.05) is 6.61 Å². The standard InChI is InChI=1S/C18H27NO2/c1-13(6-5-7-14(2)19)17(20)12-18-16-9-4-3-8-15(16)10-11-21-18/h3-4,8-9,13-14,18H,5-7,10-12,19H2,1-2H3. The van der Waals surface area contributed by atoms with Crippen molar-refractivity contribution in [3.8, 4) is 0 Å². The largest absolute Gasteiger partial charge is 0.373 e. The highest BCUT2D eigenvalue weighted by Gasteiger charge is 2.25. The lowest BCUT2D eigenvalue weighted by molar-refractivity contribution is -0.126. The Morgan fingerprint density at radius 3 is 2.86 bits per heavy atom. The smallest absolute Gasteiger partial charge is 0.138 e. The summed E-state index contributed by atoms with van der Waals surface area (Å²) in [6, 6.07) is 8.53. The molecule has 3 nitrogen and oxygen atoms in total. The minimum atomic E-state index is -0.0571. The first-order valence-corrected chi connectivity index (χ1v) is 8.05. The molecule has 0 bridgehead atoms. The van der Waals surface area contributed by atoms with E-state index in [2.05, 4.69) is 18.2 Å². The number of benzene rings is 1. The molecule has 0 amide bonds. The van der Waals surface area contributed by atoms with Crippen LogP contribution in [0.2, 0.25) is 0 Å². The van der Waals surface area contributed by atoms with Gasteiger partial charge in [-0.2, -0.15) is 0 Å². The molecule has 0 saturated heterocycles. The molecule has 0 aromatic heterocycles. The van der Waals surface area contributed by atoms with Crippen molar-refractivity contribution in [3.05, 3.63) is 35.4 Å². The van der Waals surface area contributed by atoms with E-state index in [1.807, 2.05) is 19.9 Å². The molecule has 116 valence electrons. The molecule has 0 radical (unpaired) electrons. The molecule has 3 unspecified atom stereocenters. The van der Waals surface area contributed by atoms with E-state index in [4.69, 9.17) is 10.5 Å². The second-order valence-corrected chi connectivity index (χ2v) is 6.29.